The molecule has 55 heavy (non-hydrogen) atoms. The third kappa shape index (κ3) is 4.49. The molecule has 0 spiro atoms. The molecule has 1 unspecified atom stereocenters. The zero-order valence-corrected chi connectivity index (χ0v) is 29.5. The standard InChI is InChI=1S/C49H31N5O/c1-3-13-30(14-4-1)47-50-48(33-23-26-43-39(28-33)40-27-31-15-7-8-16-32(31)29-44(40)55-43)52-49(51-47)54-42-22-12-10-20-36(42)38-25-24-37-35-19-9-11-21-41(35)53(45(37)46(38)54)34-17-5-2-6-18-34/h1-29,49H,(H,50,51,52). The Kier molecular flexibility index (Phi) is 6.30. The fourth-order valence-electron chi connectivity index (χ4n) is 8.67. The quantitative estimate of drug-likeness (QED) is 0.198. The maximum atomic E-state index is 6.39. The summed E-state index contributed by atoms with van der Waals surface area (Å²) >= 11 is 0. The van der Waals surface area contributed by atoms with Crippen molar-refractivity contribution in [1.82, 2.24) is 14.5 Å². The minimum Gasteiger partial charge on any atom is -0.456 e. The van der Waals surface area contributed by atoms with Gasteiger partial charge in [-0.2, -0.15) is 0 Å². The summed E-state index contributed by atoms with van der Waals surface area (Å²) in [6.07, 6.45) is -0.609. The molecule has 6 nitrogen and oxygen atoms in total. The lowest BCUT2D eigenvalue weighted by molar-refractivity contribution is 0.576. The van der Waals surface area contributed by atoms with Crippen LogP contribution in [0.5, 0.6) is 0 Å². The smallest absolute Gasteiger partial charge is 0.225 e. The van der Waals surface area contributed by atoms with Crippen molar-refractivity contribution >= 4 is 88.0 Å². The minimum absolute atomic E-state index is 0.609. The molecule has 8 aromatic carbocycles. The highest BCUT2D eigenvalue weighted by Crippen LogP contribution is 2.42. The Hall–Kier alpha value is -7.44. The first kappa shape index (κ1) is 30.1. The number of para-hydroxylation sites is 3. The van der Waals surface area contributed by atoms with Gasteiger partial charge in [0.25, 0.3) is 0 Å². The topological polar surface area (TPSA) is 59.8 Å². The van der Waals surface area contributed by atoms with Crippen molar-refractivity contribution < 1.29 is 4.42 Å². The van der Waals surface area contributed by atoms with E-state index in [0.29, 0.717) is 0 Å². The Morgan fingerprint density at radius 3 is 1.82 bits per heavy atom. The lowest BCUT2D eigenvalue weighted by Gasteiger charge is -2.24. The number of fused-ring (bicyclic) bond motifs is 11. The number of hydrogen-bond donors (Lipinski definition) is 1. The van der Waals surface area contributed by atoms with Gasteiger partial charge in [-0.25, -0.2) is 9.98 Å². The van der Waals surface area contributed by atoms with Gasteiger partial charge >= 0.3 is 0 Å². The van der Waals surface area contributed by atoms with Crippen LogP contribution in [0.15, 0.2) is 190 Å². The average Bonchev–Trinajstić information content (AvgIpc) is 3.90. The van der Waals surface area contributed by atoms with Crippen LogP contribution in [0.2, 0.25) is 0 Å². The maximum Gasteiger partial charge on any atom is 0.225 e. The molecule has 0 radical (unpaired) electrons. The molecule has 12 rings (SSSR count). The van der Waals surface area contributed by atoms with Gasteiger partial charge in [0.2, 0.25) is 6.29 Å². The van der Waals surface area contributed by atoms with Crippen LogP contribution >= 0.6 is 0 Å². The van der Waals surface area contributed by atoms with Crippen LogP contribution in [-0.2, 0) is 0 Å². The molecule has 11 aromatic rings. The number of hydrogen-bond acceptors (Lipinski definition) is 4. The zero-order chi connectivity index (χ0) is 36.0. The second-order valence-electron chi connectivity index (χ2n) is 14.2. The molecule has 0 saturated heterocycles. The molecule has 0 fully saturated rings. The van der Waals surface area contributed by atoms with Crippen molar-refractivity contribution in [2.24, 2.45) is 9.98 Å². The molecule has 258 valence electrons. The van der Waals surface area contributed by atoms with E-state index in [4.69, 9.17) is 14.4 Å². The maximum absolute atomic E-state index is 6.39. The Labute approximate surface area is 314 Å². The van der Waals surface area contributed by atoms with Crippen molar-refractivity contribution in [1.29, 1.82) is 0 Å². The summed E-state index contributed by atoms with van der Waals surface area (Å²) in [5.74, 6) is 1.51. The van der Waals surface area contributed by atoms with Crippen LogP contribution in [0, 0.1) is 0 Å². The Morgan fingerprint density at radius 1 is 0.436 bits per heavy atom. The number of nitrogens with one attached hydrogen (secondary N) is 1. The van der Waals surface area contributed by atoms with E-state index in [1.54, 1.807) is 0 Å². The summed E-state index contributed by atoms with van der Waals surface area (Å²) in [6.45, 7) is 0. The van der Waals surface area contributed by atoms with Crippen molar-refractivity contribution in [3.05, 3.63) is 187 Å². The number of benzene rings is 8. The van der Waals surface area contributed by atoms with Crippen molar-refractivity contribution in [3.8, 4) is 5.69 Å². The second-order valence-corrected chi connectivity index (χ2v) is 14.2. The first-order valence-corrected chi connectivity index (χ1v) is 18.6. The minimum atomic E-state index is -0.609. The number of aliphatic imine (C=N–C) groups is 2. The van der Waals surface area contributed by atoms with Gasteiger partial charge < -0.3 is 14.3 Å². The molecule has 0 bridgehead atoms. The lowest BCUT2D eigenvalue weighted by atomic mass is 10.0. The van der Waals surface area contributed by atoms with Crippen LogP contribution in [-0.4, -0.2) is 20.8 Å². The molecule has 4 heterocycles. The monoisotopic (exact) mass is 705 g/mol. The number of nitrogens with zero attached hydrogens (tertiary/aromatic N) is 4. The summed E-state index contributed by atoms with van der Waals surface area (Å²) in [5, 5.41) is 12.8. The number of amidine groups is 2. The number of rotatable bonds is 4. The molecule has 1 N–H and O–H groups in total. The Balaban J connectivity index is 1.15. The first-order valence-electron chi connectivity index (χ1n) is 18.6. The lowest BCUT2D eigenvalue weighted by Crippen LogP contribution is -2.36. The van der Waals surface area contributed by atoms with Crippen molar-refractivity contribution in [2.45, 2.75) is 6.29 Å². The third-order valence-electron chi connectivity index (χ3n) is 11.1. The third-order valence-corrected chi connectivity index (χ3v) is 11.1. The van der Waals surface area contributed by atoms with Crippen molar-refractivity contribution in [3.63, 3.8) is 0 Å². The molecule has 1 aliphatic heterocycles. The van der Waals surface area contributed by atoms with Gasteiger partial charge in [-0.15, -0.1) is 0 Å². The summed E-state index contributed by atoms with van der Waals surface area (Å²) in [6, 6.07) is 62.0. The zero-order valence-electron chi connectivity index (χ0n) is 29.5. The molecule has 1 atom stereocenters. The fraction of sp³-hybridized carbons (Fsp3) is 0.0204. The van der Waals surface area contributed by atoms with Gasteiger partial charge in [-0.1, -0.05) is 121 Å². The Bertz CT molecular complexity index is 3400. The van der Waals surface area contributed by atoms with Crippen LogP contribution < -0.4 is 5.32 Å². The first-order chi connectivity index (χ1) is 27.3. The highest BCUT2D eigenvalue weighted by atomic mass is 16.3. The second kappa shape index (κ2) is 11.5. The van der Waals surface area contributed by atoms with Crippen LogP contribution in [0.3, 0.4) is 0 Å². The van der Waals surface area contributed by atoms with Crippen LogP contribution in [0.25, 0.3) is 82.0 Å². The molecule has 0 saturated carbocycles. The number of furan rings is 1. The SMILES string of the molecule is c1ccc(C2=NC(n3c4ccccc4c4ccc5c6ccccc6n(-c6ccccc6)c5c43)N=C(c3ccc4oc5cc6ccccc6cc5c4c3)N2)cc1. The molecular weight excluding hydrogens is 675 g/mol. The Morgan fingerprint density at radius 2 is 1.04 bits per heavy atom. The van der Waals surface area contributed by atoms with E-state index in [0.717, 1.165) is 88.6 Å². The van der Waals surface area contributed by atoms with E-state index in [2.05, 4.69) is 184 Å². The van der Waals surface area contributed by atoms with Gasteiger partial charge in [0, 0.05) is 49.1 Å². The van der Waals surface area contributed by atoms with E-state index in [1.165, 1.54) is 16.2 Å². The van der Waals surface area contributed by atoms with Gasteiger partial charge in [0.05, 0.1) is 22.1 Å². The summed E-state index contributed by atoms with van der Waals surface area (Å²) in [7, 11) is 0. The van der Waals surface area contributed by atoms with Gasteiger partial charge in [0.1, 0.15) is 22.8 Å². The number of aromatic nitrogens is 2. The summed E-state index contributed by atoms with van der Waals surface area (Å²) in [4.78, 5) is 10.9. The largest absolute Gasteiger partial charge is 0.456 e. The van der Waals surface area contributed by atoms with E-state index in [-0.39, 0.29) is 0 Å². The van der Waals surface area contributed by atoms with E-state index < -0.39 is 6.29 Å². The average molecular weight is 706 g/mol. The predicted molar refractivity (Wildman–Crippen MR) is 227 cm³/mol. The van der Waals surface area contributed by atoms with E-state index >= 15 is 0 Å². The van der Waals surface area contributed by atoms with Crippen LogP contribution in [0.4, 0.5) is 0 Å². The fourth-order valence-corrected chi connectivity index (χ4v) is 8.67. The molecule has 0 amide bonds. The summed E-state index contributed by atoms with van der Waals surface area (Å²) < 4.78 is 11.1. The predicted octanol–water partition coefficient (Wildman–Crippen LogP) is 11.9. The van der Waals surface area contributed by atoms with Gasteiger partial charge in [0.15, 0.2) is 0 Å². The highest BCUT2D eigenvalue weighted by molar-refractivity contribution is 6.24. The molecule has 6 heteroatoms. The molecule has 3 aromatic heterocycles. The molecular formula is C49H31N5O. The normalized spacial score (nSPS) is 14.7. The van der Waals surface area contributed by atoms with E-state index in [9.17, 15) is 0 Å². The van der Waals surface area contributed by atoms with Gasteiger partial charge in [-0.05, 0) is 65.4 Å². The van der Waals surface area contributed by atoms with E-state index in [1.807, 2.05) is 6.07 Å². The van der Waals surface area contributed by atoms with Crippen LogP contribution in [0.1, 0.15) is 17.4 Å². The highest BCUT2D eigenvalue weighted by Gasteiger charge is 2.27. The van der Waals surface area contributed by atoms with Crippen molar-refractivity contribution in [2.75, 3.05) is 0 Å². The molecule has 1 aliphatic rings. The summed E-state index contributed by atoms with van der Waals surface area (Å²) in [5.41, 5.74) is 9.23. The molecule has 0 aliphatic carbocycles. The van der Waals surface area contributed by atoms with Gasteiger partial charge in [-0.3, -0.25) is 4.57 Å².